The molecule has 1 amide bonds. The van der Waals surface area contributed by atoms with Gasteiger partial charge in [0.2, 0.25) is 0 Å². The third-order valence-corrected chi connectivity index (χ3v) is 6.14. The van der Waals surface area contributed by atoms with Gasteiger partial charge in [0.05, 0.1) is 0 Å². The number of rotatable bonds is 1. The third kappa shape index (κ3) is 2.75. The van der Waals surface area contributed by atoms with Crippen LogP contribution in [0.1, 0.15) is 73.4 Å². The molecule has 1 aromatic rings. The molecule has 0 spiro atoms. The van der Waals surface area contributed by atoms with Crippen LogP contribution in [-0.4, -0.2) is 11.7 Å². The highest BCUT2D eigenvalue weighted by atomic mass is 16.6. The average Bonchev–Trinajstić information content (AvgIpc) is 2.44. The highest BCUT2D eigenvalue weighted by molar-refractivity contribution is 5.85. The number of ether oxygens (including phenoxy) is 1. The SMILES string of the molecule is CC(C)(C)OC(=O)Nc1ccc2c(c1)C(C)(C)C(C)(C)C2(C)C. The number of carbonyl (C=O) groups excluding carboxylic acids is 1. The lowest BCUT2D eigenvalue weighted by Crippen LogP contribution is -2.42. The number of amides is 1. The molecule has 3 nitrogen and oxygen atoms in total. The Kier molecular flexibility index (Phi) is 3.87. The Hall–Kier alpha value is -1.51. The first-order valence-corrected chi connectivity index (χ1v) is 8.35. The van der Waals surface area contributed by atoms with E-state index in [1.54, 1.807) is 0 Å². The van der Waals surface area contributed by atoms with Crippen molar-refractivity contribution in [2.45, 2.75) is 78.7 Å². The Balaban J connectivity index is 2.37. The van der Waals surface area contributed by atoms with Crippen LogP contribution in [0.2, 0.25) is 0 Å². The zero-order chi connectivity index (χ0) is 17.8. The van der Waals surface area contributed by atoms with Gasteiger partial charge in [0, 0.05) is 5.69 Å². The Bertz CT molecular complexity index is 634. The number of nitrogens with one attached hydrogen (secondary N) is 1. The number of anilines is 1. The second-order valence-electron chi connectivity index (χ2n) is 9.26. The Morgan fingerprint density at radius 2 is 1.48 bits per heavy atom. The van der Waals surface area contributed by atoms with Crippen LogP contribution >= 0.6 is 0 Å². The molecule has 0 aliphatic heterocycles. The van der Waals surface area contributed by atoms with Crippen LogP contribution in [-0.2, 0) is 15.6 Å². The van der Waals surface area contributed by atoms with Gasteiger partial charge in [-0.3, -0.25) is 5.32 Å². The Morgan fingerprint density at radius 3 is 2.00 bits per heavy atom. The number of hydrogen-bond acceptors (Lipinski definition) is 2. The van der Waals surface area contributed by atoms with Gasteiger partial charge in [-0.2, -0.15) is 0 Å². The van der Waals surface area contributed by atoms with E-state index in [1.165, 1.54) is 11.1 Å². The Labute approximate surface area is 140 Å². The largest absolute Gasteiger partial charge is 0.444 e. The van der Waals surface area contributed by atoms with E-state index in [0.29, 0.717) is 0 Å². The summed E-state index contributed by atoms with van der Waals surface area (Å²) in [7, 11) is 0. The highest BCUT2D eigenvalue weighted by Crippen LogP contribution is 2.61. The van der Waals surface area contributed by atoms with E-state index in [-0.39, 0.29) is 16.2 Å². The van der Waals surface area contributed by atoms with Gasteiger partial charge in [-0.05, 0) is 60.3 Å². The fourth-order valence-corrected chi connectivity index (χ4v) is 3.56. The quantitative estimate of drug-likeness (QED) is 0.729. The predicted octanol–water partition coefficient (Wildman–Crippen LogP) is 5.63. The molecule has 0 bridgehead atoms. The number of fused-ring (bicyclic) bond motifs is 1. The second kappa shape index (κ2) is 4.99. The molecule has 1 N–H and O–H groups in total. The molecule has 0 aromatic heterocycles. The van der Waals surface area contributed by atoms with Crippen molar-refractivity contribution in [3.05, 3.63) is 29.3 Å². The summed E-state index contributed by atoms with van der Waals surface area (Å²) in [5.41, 5.74) is 3.19. The smallest absolute Gasteiger partial charge is 0.412 e. The molecule has 0 saturated carbocycles. The van der Waals surface area contributed by atoms with Gasteiger partial charge in [0.25, 0.3) is 0 Å². The third-order valence-electron chi connectivity index (χ3n) is 6.14. The molecule has 0 heterocycles. The molecule has 1 aliphatic carbocycles. The van der Waals surface area contributed by atoms with Crippen LogP contribution in [0.15, 0.2) is 18.2 Å². The van der Waals surface area contributed by atoms with Gasteiger partial charge in [0.1, 0.15) is 5.60 Å². The molecule has 2 rings (SSSR count). The minimum atomic E-state index is -0.496. The van der Waals surface area contributed by atoms with Crippen LogP contribution in [0, 0.1) is 5.41 Å². The van der Waals surface area contributed by atoms with Gasteiger partial charge in [-0.15, -0.1) is 0 Å². The highest BCUT2D eigenvalue weighted by Gasteiger charge is 2.56. The predicted molar refractivity (Wildman–Crippen MR) is 96.1 cm³/mol. The molecule has 3 heteroatoms. The van der Waals surface area contributed by atoms with E-state index in [0.717, 1.165) is 5.69 Å². The molecule has 1 aliphatic rings. The second-order valence-corrected chi connectivity index (χ2v) is 9.26. The molecule has 0 unspecified atom stereocenters. The fourth-order valence-electron chi connectivity index (χ4n) is 3.56. The molecule has 0 radical (unpaired) electrons. The van der Waals surface area contributed by atoms with Crippen molar-refractivity contribution >= 4 is 11.8 Å². The van der Waals surface area contributed by atoms with Gasteiger partial charge in [-0.25, -0.2) is 4.79 Å². The lowest BCUT2D eigenvalue weighted by Gasteiger charge is -2.44. The van der Waals surface area contributed by atoms with Crippen molar-refractivity contribution in [2.24, 2.45) is 5.41 Å². The van der Waals surface area contributed by atoms with E-state index >= 15 is 0 Å². The Morgan fingerprint density at radius 1 is 0.957 bits per heavy atom. The standard InChI is InChI=1S/C20H31NO2/c1-17(2,3)23-16(22)21-13-10-11-14-15(12-13)19(6,7)20(8,9)18(14,4)5/h10-12H,1-9H3,(H,21,22). The van der Waals surface area contributed by atoms with Gasteiger partial charge in [-0.1, -0.05) is 47.6 Å². The maximum Gasteiger partial charge on any atom is 0.412 e. The topological polar surface area (TPSA) is 38.3 Å². The minimum absolute atomic E-state index is 0.0253. The maximum atomic E-state index is 12.0. The van der Waals surface area contributed by atoms with Gasteiger partial charge in [0.15, 0.2) is 0 Å². The number of carbonyl (C=O) groups is 1. The zero-order valence-corrected chi connectivity index (χ0v) is 16.0. The van der Waals surface area contributed by atoms with E-state index in [1.807, 2.05) is 26.8 Å². The van der Waals surface area contributed by atoms with E-state index in [9.17, 15) is 4.79 Å². The normalized spacial score (nSPS) is 20.7. The number of hydrogen-bond donors (Lipinski definition) is 1. The van der Waals surface area contributed by atoms with Crippen molar-refractivity contribution in [2.75, 3.05) is 5.32 Å². The average molecular weight is 317 g/mol. The summed E-state index contributed by atoms with van der Waals surface area (Å²) in [5.74, 6) is 0. The van der Waals surface area contributed by atoms with Crippen LogP contribution < -0.4 is 5.32 Å². The monoisotopic (exact) mass is 317 g/mol. The summed E-state index contributed by atoms with van der Waals surface area (Å²) in [6.07, 6.45) is -0.410. The molecule has 0 atom stereocenters. The van der Waals surface area contributed by atoms with Crippen molar-refractivity contribution in [1.29, 1.82) is 0 Å². The minimum Gasteiger partial charge on any atom is -0.444 e. The molecular formula is C20H31NO2. The van der Waals surface area contributed by atoms with Crippen molar-refractivity contribution in [1.82, 2.24) is 0 Å². The first kappa shape index (κ1) is 17.8. The fraction of sp³-hybridized carbons (Fsp3) is 0.650. The summed E-state index contributed by atoms with van der Waals surface area (Å²) >= 11 is 0. The summed E-state index contributed by atoms with van der Waals surface area (Å²) in [6, 6.07) is 6.23. The van der Waals surface area contributed by atoms with Crippen molar-refractivity contribution < 1.29 is 9.53 Å². The summed E-state index contributed by atoms with van der Waals surface area (Å²) in [5, 5.41) is 2.86. The van der Waals surface area contributed by atoms with Crippen LogP contribution in [0.5, 0.6) is 0 Å². The van der Waals surface area contributed by atoms with Crippen molar-refractivity contribution in [3.8, 4) is 0 Å². The van der Waals surface area contributed by atoms with Crippen LogP contribution in [0.25, 0.3) is 0 Å². The van der Waals surface area contributed by atoms with E-state index < -0.39 is 11.7 Å². The molecule has 1 aromatic carbocycles. The first-order valence-electron chi connectivity index (χ1n) is 8.35. The van der Waals surface area contributed by atoms with Crippen LogP contribution in [0.4, 0.5) is 10.5 Å². The van der Waals surface area contributed by atoms with Crippen molar-refractivity contribution in [3.63, 3.8) is 0 Å². The first-order chi connectivity index (χ1) is 10.2. The lowest BCUT2D eigenvalue weighted by atomic mass is 9.59. The zero-order valence-electron chi connectivity index (χ0n) is 16.0. The summed E-state index contributed by atoms with van der Waals surface area (Å²) in [4.78, 5) is 12.0. The molecular weight excluding hydrogens is 286 g/mol. The molecule has 0 fully saturated rings. The lowest BCUT2D eigenvalue weighted by molar-refractivity contribution is 0.0636. The van der Waals surface area contributed by atoms with E-state index in [4.69, 9.17) is 4.74 Å². The maximum absolute atomic E-state index is 12.0. The van der Waals surface area contributed by atoms with Gasteiger partial charge >= 0.3 is 6.09 Å². The number of benzene rings is 1. The van der Waals surface area contributed by atoms with Crippen LogP contribution in [0.3, 0.4) is 0 Å². The molecule has 128 valence electrons. The molecule has 23 heavy (non-hydrogen) atoms. The molecule has 0 saturated heterocycles. The van der Waals surface area contributed by atoms with Gasteiger partial charge < -0.3 is 4.74 Å². The van der Waals surface area contributed by atoms with E-state index in [2.05, 4.69) is 59.0 Å². The summed E-state index contributed by atoms with van der Waals surface area (Å²) < 4.78 is 5.34. The summed E-state index contributed by atoms with van der Waals surface area (Å²) in [6.45, 7) is 19.4.